The highest BCUT2D eigenvalue weighted by molar-refractivity contribution is 7.99. The predicted octanol–water partition coefficient (Wildman–Crippen LogP) is 1.60. The average molecular weight is 210 g/mol. The Balaban J connectivity index is 2.43. The highest BCUT2D eigenvalue weighted by Gasteiger charge is 1.98. The number of carboxylic acids is 1. The first-order valence-electron chi connectivity index (χ1n) is 3.99. The molecule has 0 aliphatic rings. The molecule has 0 radical (unpaired) electrons. The van der Waals surface area contributed by atoms with Crippen molar-refractivity contribution in [1.29, 1.82) is 0 Å². The van der Waals surface area contributed by atoms with Crippen LogP contribution in [0.25, 0.3) is 0 Å². The van der Waals surface area contributed by atoms with Gasteiger partial charge in [-0.15, -0.1) is 11.8 Å². The predicted molar refractivity (Wildman–Crippen MR) is 54.1 cm³/mol. The smallest absolute Gasteiger partial charge is 0.330 e. The molecule has 1 aromatic heterocycles. The normalized spacial score (nSPS) is 11.4. The van der Waals surface area contributed by atoms with Gasteiger partial charge in [-0.3, -0.25) is 0 Å². The molecule has 74 valence electrons. The van der Waals surface area contributed by atoms with Crippen molar-refractivity contribution in [3.05, 3.63) is 30.2 Å². The first-order chi connectivity index (χ1) is 6.70. The van der Waals surface area contributed by atoms with Crippen LogP contribution in [0.1, 0.15) is 6.92 Å². The molecule has 0 saturated heterocycles. The van der Waals surface area contributed by atoms with Gasteiger partial charge in [-0.25, -0.2) is 14.8 Å². The van der Waals surface area contributed by atoms with E-state index in [1.807, 2.05) is 0 Å². The van der Waals surface area contributed by atoms with Crippen LogP contribution in [0.4, 0.5) is 0 Å². The first kappa shape index (κ1) is 10.7. The standard InChI is InChI=1S/C9H10N2O2S/c1-7(9(12)13)3-5-14-8-2-4-10-6-11-8/h2-4,6H,5H2,1H3,(H,12,13). The molecule has 1 heterocycles. The third-order valence-corrected chi connectivity index (χ3v) is 2.38. The Morgan fingerprint density at radius 2 is 2.50 bits per heavy atom. The van der Waals surface area contributed by atoms with Gasteiger partial charge in [0.15, 0.2) is 0 Å². The van der Waals surface area contributed by atoms with Gasteiger partial charge in [0.05, 0.1) is 5.03 Å². The second-order valence-electron chi connectivity index (χ2n) is 2.55. The van der Waals surface area contributed by atoms with Gasteiger partial charge in [0, 0.05) is 17.5 Å². The summed E-state index contributed by atoms with van der Waals surface area (Å²) in [4.78, 5) is 18.2. The molecule has 0 amide bonds. The summed E-state index contributed by atoms with van der Waals surface area (Å²) in [6.45, 7) is 1.57. The van der Waals surface area contributed by atoms with E-state index in [4.69, 9.17) is 5.11 Å². The van der Waals surface area contributed by atoms with Crippen molar-refractivity contribution in [2.24, 2.45) is 0 Å². The molecule has 0 aliphatic carbocycles. The minimum Gasteiger partial charge on any atom is -0.478 e. The van der Waals surface area contributed by atoms with Gasteiger partial charge in [0.2, 0.25) is 0 Å². The Labute approximate surface area is 86.1 Å². The number of thioether (sulfide) groups is 1. The summed E-state index contributed by atoms with van der Waals surface area (Å²) >= 11 is 1.48. The van der Waals surface area contributed by atoms with Gasteiger partial charge in [-0.05, 0) is 13.0 Å². The molecule has 1 N–H and O–H groups in total. The molecule has 0 aromatic carbocycles. The van der Waals surface area contributed by atoms with Gasteiger partial charge in [-0.1, -0.05) is 6.08 Å². The molecule has 0 unspecified atom stereocenters. The van der Waals surface area contributed by atoms with Crippen molar-refractivity contribution in [2.75, 3.05) is 5.75 Å². The Morgan fingerprint density at radius 3 is 3.07 bits per heavy atom. The van der Waals surface area contributed by atoms with Crippen LogP contribution in [0.2, 0.25) is 0 Å². The van der Waals surface area contributed by atoms with Gasteiger partial charge < -0.3 is 5.11 Å². The quantitative estimate of drug-likeness (QED) is 0.464. The van der Waals surface area contributed by atoms with Crippen LogP contribution >= 0.6 is 11.8 Å². The second-order valence-corrected chi connectivity index (χ2v) is 3.59. The molecule has 0 saturated carbocycles. The molecule has 0 atom stereocenters. The van der Waals surface area contributed by atoms with E-state index < -0.39 is 5.97 Å². The molecule has 0 aliphatic heterocycles. The number of hydrogen-bond donors (Lipinski definition) is 1. The number of nitrogens with zero attached hydrogens (tertiary/aromatic N) is 2. The van der Waals surface area contributed by atoms with Crippen molar-refractivity contribution in [3.8, 4) is 0 Å². The maximum absolute atomic E-state index is 10.4. The van der Waals surface area contributed by atoms with Crippen LogP contribution in [-0.2, 0) is 4.79 Å². The second kappa shape index (κ2) is 5.39. The Hall–Kier alpha value is -1.36. The first-order valence-corrected chi connectivity index (χ1v) is 4.97. The summed E-state index contributed by atoms with van der Waals surface area (Å²) in [5, 5.41) is 9.42. The van der Waals surface area contributed by atoms with E-state index in [9.17, 15) is 4.79 Å². The number of rotatable bonds is 4. The van der Waals surface area contributed by atoms with E-state index in [1.54, 1.807) is 25.3 Å². The average Bonchev–Trinajstić information content (AvgIpc) is 2.19. The van der Waals surface area contributed by atoms with Gasteiger partial charge in [0.1, 0.15) is 6.33 Å². The summed E-state index contributed by atoms with van der Waals surface area (Å²) in [6.07, 6.45) is 4.79. The Bertz CT molecular complexity index is 338. The fourth-order valence-electron chi connectivity index (χ4n) is 0.703. The van der Waals surface area contributed by atoms with E-state index in [0.29, 0.717) is 11.3 Å². The summed E-state index contributed by atoms with van der Waals surface area (Å²) < 4.78 is 0. The van der Waals surface area contributed by atoms with Crippen LogP contribution in [-0.4, -0.2) is 26.8 Å². The number of hydrogen-bond acceptors (Lipinski definition) is 4. The van der Waals surface area contributed by atoms with Crippen LogP contribution in [0.5, 0.6) is 0 Å². The summed E-state index contributed by atoms with van der Waals surface area (Å²) in [5.41, 5.74) is 0.353. The third kappa shape index (κ3) is 3.57. The molecule has 0 fully saturated rings. The minimum atomic E-state index is -0.881. The highest BCUT2D eigenvalue weighted by atomic mass is 32.2. The molecule has 0 spiro atoms. The number of carbonyl (C=O) groups is 1. The Kier molecular flexibility index (Phi) is 4.12. The van der Waals surface area contributed by atoms with Gasteiger partial charge in [-0.2, -0.15) is 0 Å². The van der Waals surface area contributed by atoms with Gasteiger partial charge in [0.25, 0.3) is 0 Å². The maximum atomic E-state index is 10.4. The van der Waals surface area contributed by atoms with Crippen molar-refractivity contribution < 1.29 is 9.90 Å². The Morgan fingerprint density at radius 1 is 1.71 bits per heavy atom. The molecule has 1 rings (SSSR count). The van der Waals surface area contributed by atoms with Crippen molar-refractivity contribution in [2.45, 2.75) is 11.9 Å². The summed E-state index contributed by atoms with van der Waals surface area (Å²) in [5.74, 6) is -0.275. The summed E-state index contributed by atoms with van der Waals surface area (Å²) in [7, 11) is 0. The van der Waals surface area contributed by atoms with Crippen molar-refractivity contribution >= 4 is 17.7 Å². The fraction of sp³-hybridized carbons (Fsp3) is 0.222. The summed E-state index contributed by atoms with van der Waals surface area (Å²) in [6, 6.07) is 1.79. The van der Waals surface area contributed by atoms with Crippen LogP contribution < -0.4 is 0 Å². The third-order valence-electron chi connectivity index (χ3n) is 1.51. The molecule has 0 bridgehead atoms. The van der Waals surface area contributed by atoms with E-state index in [0.717, 1.165) is 5.03 Å². The lowest BCUT2D eigenvalue weighted by Gasteiger charge is -1.96. The zero-order chi connectivity index (χ0) is 10.4. The molecule has 5 heteroatoms. The van der Waals surface area contributed by atoms with E-state index in [-0.39, 0.29) is 0 Å². The van der Waals surface area contributed by atoms with E-state index in [1.165, 1.54) is 18.1 Å². The monoisotopic (exact) mass is 210 g/mol. The number of aliphatic carboxylic acids is 1. The highest BCUT2D eigenvalue weighted by Crippen LogP contribution is 2.13. The van der Waals surface area contributed by atoms with Crippen LogP contribution in [0.3, 0.4) is 0 Å². The molecule has 14 heavy (non-hydrogen) atoms. The van der Waals surface area contributed by atoms with Crippen molar-refractivity contribution in [1.82, 2.24) is 9.97 Å². The number of carboxylic acid groups (broad SMARTS) is 1. The lowest BCUT2D eigenvalue weighted by Crippen LogP contribution is -1.96. The zero-order valence-corrected chi connectivity index (χ0v) is 8.49. The minimum absolute atomic E-state index is 0.353. The molecular weight excluding hydrogens is 200 g/mol. The lowest BCUT2D eigenvalue weighted by molar-refractivity contribution is -0.132. The van der Waals surface area contributed by atoms with E-state index >= 15 is 0 Å². The fourth-order valence-corrected chi connectivity index (χ4v) is 1.49. The SMILES string of the molecule is CC(=CCSc1ccncn1)C(=O)O. The van der Waals surface area contributed by atoms with Crippen LogP contribution in [0, 0.1) is 0 Å². The van der Waals surface area contributed by atoms with Gasteiger partial charge >= 0.3 is 5.97 Å². The maximum Gasteiger partial charge on any atom is 0.330 e. The van der Waals surface area contributed by atoms with Crippen molar-refractivity contribution in [3.63, 3.8) is 0 Å². The zero-order valence-electron chi connectivity index (χ0n) is 7.67. The molecular formula is C9H10N2O2S. The van der Waals surface area contributed by atoms with E-state index in [2.05, 4.69) is 9.97 Å². The van der Waals surface area contributed by atoms with Crippen LogP contribution in [0.15, 0.2) is 35.3 Å². The largest absolute Gasteiger partial charge is 0.478 e. The number of aromatic nitrogens is 2. The molecule has 4 nitrogen and oxygen atoms in total. The lowest BCUT2D eigenvalue weighted by atomic mass is 10.3. The topological polar surface area (TPSA) is 63.1 Å². The molecule has 1 aromatic rings.